The number of carbonyl (C=O) groups is 1. The summed E-state index contributed by atoms with van der Waals surface area (Å²) >= 11 is 0. The average Bonchev–Trinajstić information content (AvgIpc) is 2.02. The largest absolute Gasteiger partial charge is 0.299 e. The summed E-state index contributed by atoms with van der Waals surface area (Å²) in [4.78, 5) is 12.0. The average molecular weight is 194 g/mol. The zero-order valence-corrected chi connectivity index (χ0v) is 9.84. The molecule has 0 aromatic carbocycles. The van der Waals surface area contributed by atoms with Crippen LogP contribution in [-0.2, 0) is 4.79 Å². The van der Waals surface area contributed by atoms with Crippen molar-refractivity contribution in [3.8, 4) is 0 Å². The molecule has 2 atom stereocenters. The molecule has 0 bridgehead atoms. The van der Waals surface area contributed by atoms with Gasteiger partial charge in [-0.2, -0.15) is 0 Å². The molecule has 0 fully saturated rings. The Kier molecular flexibility index (Phi) is 3.52. The first-order chi connectivity index (χ1) is 6.49. The standard InChI is InChI=1S/C13H22O/c1-5-7-11(14)12-10(2)8-6-9-13(12,3)4/h6,8,10,12H,5,7,9H2,1-4H3/t10-,12-/m0/s1. The summed E-state index contributed by atoms with van der Waals surface area (Å²) in [5.41, 5.74) is 0.153. The number of allylic oxidation sites excluding steroid dienone is 2. The number of ketones is 1. The van der Waals surface area contributed by atoms with Crippen LogP contribution in [0.2, 0.25) is 0 Å². The third-order valence-corrected chi connectivity index (χ3v) is 3.29. The summed E-state index contributed by atoms with van der Waals surface area (Å²) in [6.45, 7) is 8.67. The third-order valence-electron chi connectivity index (χ3n) is 3.29. The Hall–Kier alpha value is -0.590. The predicted octanol–water partition coefficient (Wildman–Crippen LogP) is 3.59. The second kappa shape index (κ2) is 4.29. The van der Waals surface area contributed by atoms with Gasteiger partial charge >= 0.3 is 0 Å². The van der Waals surface area contributed by atoms with E-state index in [1.807, 2.05) is 0 Å². The van der Waals surface area contributed by atoms with Crippen molar-refractivity contribution in [2.75, 3.05) is 0 Å². The number of hydrogen-bond acceptors (Lipinski definition) is 1. The SMILES string of the molecule is CCCC(=O)[C@@H]1[C@@H](C)C=CCC1(C)C. The van der Waals surface area contributed by atoms with Gasteiger partial charge in [-0.05, 0) is 24.2 Å². The van der Waals surface area contributed by atoms with Gasteiger partial charge in [0.2, 0.25) is 0 Å². The molecule has 0 unspecified atom stereocenters. The molecular formula is C13H22O. The molecule has 0 saturated heterocycles. The van der Waals surface area contributed by atoms with Gasteiger partial charge in [-0.25, -0.2) is 0 Å². The Balaban J connectivity index is 2.82. The summed E-state index contributed by atoms with van der Waals surface area (Å²) in [5.74, 6) is 1.10. The smallest absolute Gasteiger partial charge is 0.137 e. The monoisotopic (exact) mass is 194 g/mol. The maximum atomic E-state index is 12.0. The molecule has 1 heteroatoms. The molecule has 0 radical (unpaired) electrons. The van der Waals surface area contributed by atoms with Crippen LogP contribution in [0.4, 0.5) is 0 Å². The lowest BCUT2D eigenvalue weighted by atomic mass is 9.65. The number of rotatable bonds is 3. The molecule has 14 heavy (non-hydrogen) atoms. The van der Waals surface area contributed by atoms with Gasteiger partial charge in [-0.1, -0.05) is 39.8 Å². The lowest BCUT2D eigenvalue weighted by molar-refractivity contribution is -0.128. The van der Waals surface area contributed by atoms with E-state index in [0.717, 1.165) is 19.3 Å². The molecular weight excluding hydrogens is 172 g/mol. The summed E-state index contributed by atoms with van der Waals surface area (Å²) in [5, 5.41) is 0. The summed E-state index contributed by atoms with van der Waals surface area (Å²) < 4.78 is 0. The molecule has 0 aromatic rings. The minimum atomic E-state index is 0.153. The van der Waals surface area contributed by atoms with E-state index in [2.05, 4.69) is 39.8 Å². The van der Waals surface area contributed by atoms with E-state index in [-0.39, 0.29) is 11.3 Å². The van der Waals surface area contributed by atoms with E-state index in [9.17, 15) is 4.79 Å². The van der Waals surface area contributed by atoms with Crippen LogP contribution in [0.25, 0.3) is 0 Å². The van der Waals surface area contributed by atoms with Crippen LogP contribution in [0.15, 0.2) is 12.2 Å². The fourth-order valence-corrected chi connectivity index (χ4v) is 2.67. The van der Waals surface area contributed by atoms with Crippen LogP contribution in [0.5, 0.6) is 0 Å². The minimum absolute atomic E-state index is 0.153. The highest BCUT2D eigenvalue weighted by molar-refractivity contribution is 5.82. The molecule has 1 nitrogen and oxygen atoms in total. The molecule has 1 aliphatic carbocycles. The predicted molar refractivity (Wildman–Crippen MR) is 60.1 cm³/mol. The molecule has 0 aromatic heterocycles. The second-order valence-corrected chi connectivity index (χ2v) is 5.17. The first kappa shape index (κ1) is 11.5. The fourth-order valence-electron chi connectivity index (χ4n) is 2.67. The second-order valence-electron chi connectivity index (χ2n) is 5.17. The quantitative estimate of drug-likeness (QED) is 0.627. The zero-order chi connectivity index (χ0) is 10.8. The van der Waals surface area contributed by atoms with Gasteiger partial charge < -0.3 is 0 Å². The summed E-state index contributed by atoms with van der Waals surface area (Å²) in [6, 6.07) is 0. The van der Waals surface area contributed by atoms with E-state index < -0.39 is 0 Å². The van der Waals surface area contributed by atoms with Crippen LogP contribution < -0.4 is 0 Å². The molecule has 0 spiro atoms. The highest BCUT2D eigenvalue weighted by Gasteiger charge is 2.38. The fraction of sp³-hybridized carbons (Fsp3) is 0.769. The summed E-state index contributed by atoms with van der Waals surface area (Å²) in [6.07, 6.45) is 7.18. The highest BCUT2D eigenvalue weighted by Crippen LogP contribution is 2.41. The van der Waals surface area contributed by atoms with E-state index in [1.165, 1.54) is 0 Å². The van der Waals surface area contributed by atoms with E-state index >= 15 is 0 Å². The van der Waals surface area contributed by atoms with E-state index in [4.69, 9.17) is 0 Å². The molecule has 80 valence electrons. The third kappa shape index (κ3) is 2.26. The number of Topliss-reactive ketones (excluding diaryl/α,β-unsaturated/α-hetero) is 1. The number of hydrogen-bond donors (Lipinski definition) is 0. The zero-order valence-electron chi connectivity index (χ0n) is 9.84. The maximum Gasteiger partial charge on any atom is 0.137 e. The molecule has 1 rings (SSSR count). The Morgan fingerprint density at radius 2 is 2.14 bits per heavy atom. The lowest BCUT2D eigenvalue weighted by Crippen LogP contribution is -2.37. The maximum absolute atomic E-state index is 12.0. The van der Waals surface area contributed by atoms with Gasteiger partial charge in [0, 0.05) is 12.3 Å². The van der Waals surface area contributed by atoms with Gasteiger partial charge in [0.25, 0.3) is 0 Å². The molecule has 0 aliphatic heterocycles. The minimum Gasteiger partial charge on any atom is -0.299 e. The normalized spacial score (nSPS) is 30.3. The topological polar surface area (TPSA) is 17.1 Å². The Labute approximate surface area is 87.6 Å². The van der Waals surface area contributed by atoms with Gasteiger partial charge in [0.1, 0.15) is 5.78 Å². The molecule has 0 heterocycles. The van der Waals surface area contributed by atoms with Crippen molar-refractivity contribution in [3.05, 3.63) is 12.2 Å². The van der Waals surface area contributed by atoms with Crippen molar-refractivity contribution < 1.29 is 4.79 Å². The van der Waals surface area contributed by atoms with Gasteiger partial charge in [-0.15, -0.1) is 0 Å². The van der Waals surface area contributed by atoms with Crippen molar-refractivity contribution in [2.24, 2.45) is 17.3 Å². The van der Waals surface area contributed by atoms with Gasteiger partial charge in [0.15, 0.2) is 0 Å². The highest BCUT2D eigenvalue weighted by atomic mass is 16.1. The van der Waals surface area contributed by atoms with Crippen LogP contribution >= 0.6 is 0 Å². The lowest BCUT2D eigenvalue weighted by Gasteiger charge is -2.38. The van der Waals surface area contributed by atoms with Crippen LogP contribution in [0.1, 0.15) is 47.0 Å². The van der Waals surface area contributed by atoms with E-state index in [1.54, 1.807) is 0 Å². The molecule has 0 amide bonds. The van der Waals surface area contributed by atoms with Gasteiger partial charge in [-0.3, -0.25) is 4.79 Å². The Morgan fingerprint density at radius 3 is 2.64 bits per heavy atom. The van der Waals surface area contributed by atoms with Crippen LogP contribution in [0, 0.1) is 17.3 Å². The van der Waals surface area contributed by atoms with Crippen LogP contribution in [0.3, 0.4) is 0 Å². The van der Waals surface area contributed by atoms with Gasteiger partial charge in [0.05, 0.1) is 0 Å². The van der Waals surface area contributed by atoms with Crippen molar-refractivity contribution >= 4 is 5.78 Å². The molecule has 0 N–H and O–H groups in total. The Morgan fingerprint density at radius 1 is 1.50 bits per heavy atom. The Bertz CT molecular complexity index is 238. The molecule has 1 aliphatic rings. The van der Waals surface area contributed by atoms with E-state index in [0.29, 0.717) is 11.7 Å². The molecule has 0 saturated carbocycles. The van der Waals surface area contributed by atoms with Crippen molar-refractivity contribution in [2.45, 2.75) is 47.0 Å². The van der Waals surface area contributed by atoms with Crippen molar-refractivity contribution in [1.82, 2.24) is 0 Å². The summed E-state index contributed by atoms with van der Waals surface area (Å²) in [7, 11) is 0. The van der Waals surface area contributed by atoms with Crippen molar-refractivity contribution in [3.63, 3.8) is 0 Å². The van der Waals surface area contributed by atoms with Crippen molar-refractivity contribution in [1.29, 1.82) is 0 Å². The first-order valence-electron chi connectivity index (χ1n) is 5.68. The van der Waals surface area contributed by atoms with Crippen LogP contribution in [-0.4, -0.2) is 5.78 Å². The number of carbonyl (C=O) groups excluding carboxylic acids is 1. The first-order valence-corrected chi connectivity index (χ1v) is 5.68.